The SMILES string of the molecule is OC1CCC(c2cc(-c3ccnc(N4CCOCC4)c3)c3cnc(N[C@H]4CCOC4)nn23)CC1. The predicted octanol–water partition coefficient (Wildman–Crippen LogP) is 2.85. The van der Waals surface area contributed by atoms with Crippen LogP contribution in [-0.2, 0) is 9.47 Å². The Kier molecular flexibility index (Phi) is 6.07. The van der Waals surface area contributed by atoms with Gasteiger partial charge in [0.15, 0.2) is 0 Å². The lowest BCUT2D eigenvalue weighted by Gasteiger charge is -2.28. The van der Waals surface area contributed by atoms with Gasteiger partial charge in [0.1, 0.15) is 5.82 Å². The van der Waals surface area contributed by atoms with Gasteiger partial charge in [0.2, 0.25) is 5.95 Å². The van der Waals surface area contributed by atoms with E-state index in [0.717, 1.165) is 87.5 Å². The van der Waals surface area contributed by atoms with Crippen molar-refractivity contribution in [1.29, 1.82) is 0 Å². The molecule has 0 bridgehead atoms. The van der Waals surface area contributed by atoms with E-state index in [4.69, 9.17) is 14.6 Å². The average Bonchev–Trinajstić information content (AvgIpc) is 3.53. The molecule has 0 spiro atoms. The molecule has 3 aromatic heterocycles. The number of nitrogens with zero attached hydrogens (tertiary/aromatic N) is 5. The maximum atomic E-state index is 10.1. The molecule has 34 heavy (non-hydrogen) atoms. The Morgan fingerprint density at radius 1 is 0.971 bits per heavy atom. The van der Waals surface area contributed by atoms with E-state index in [1.54, 1.807) is 0 Å². The Labute approximate surface area is 199 Å². The van der Waals surface area contributed by atoms with Gasteiger partial charge in [-0.1, -0.05) is 0 Å². The Hall–Kier alpha value is -2.75. The molecule has 3 aromatic rings. The summed E-state index contributed by atoms with van der Waals surface area (Å²) in [6.45, 7) is 4.63. The van der Waals surface area contributed by atoms with E-state index < -0.39 is 0 Å². The summed E-state index contributed by atoms with van der Waals surface area (Å²) in [7, 11) is 0. The molecule has 2 saturated heterocycles. The average molecular weight is 465 g/mol. The first kappa shape index (κ1) is 21.8. The van der Waals surface area contributed by atoms with Crippen LogP contribution >= 0.6 is 0 Å². The maximum Gasteiger partial charge on any atom is 0.241 e. The fourth-order valence-corrected chi connectivity index (χ4v) is 5.36. The monoisotopic (exact) mass is 464 g/mol. The van der Waals surface area contributed by atoms with Crippen LogP contribution in [0.25, 0.3) is 16.6 Å². The molecule has 1 aliphatic carbocycles. The van der Waals surface area contributed by atoms with Gasteiger partial charge in [-0.3, -0.25) is 0 Å². The van der Waals surface area contributed by atoms with Crippen LogP contribution in [0.2, 0.25) is 0 Å². The van der Waals surface area contributed by atoms with Crippen LogP contribution in [0.3, 0.4) is 0 Å². The fourth-order valence-electron chi connectivity index (χ4n) is 5.36. The molecule has 9 nitrogen and oxygen atoms in total. The molecule has 2 N–H and O–H groups in total. The minimum atomic E-state index is -0.188. The molecule has 1 saturated carbocycles. The summed E-state index contributed by atoms with van der Waals surface area (Å²) in [5, 5.41) is 18.4. The first-order chi connectivity index (χ1) is 16.7. The van der Waals surface area contributed by atoms with Crippen molar-refractivity contribution in [2.24, 2.45) is 0 Å². The van der Waals surface area contributed by atoms with Crippen molar-refractivity contribution < 1.29 is 14.6 Å². The Morgan fingerprint density at radius 2 is 1.82 bits per heavy atom. The lowest BCUT2D eigenvalue weighted by Crippen LogP contribution is -2.36. The lowest BCUT2D eigenvalue weighted by molar-refractivity contribution is 0.121. The summed E-state index contributed by atoms with van der Waals surface area (Å²) >= 11 is 0. The molecule has 1 atom stereocenters. The number of hydrogen-bond donors (Lipinski definition) is 2. The zero-order valence-electron chi connectivity index (χ0n) is 19.4. The van der Waals surface area contributed by atoms with Gasteiger partial charge >= 0.3 is 0 Å². The molecule has 9 heteroatoms. The van der Waals surface area contributed by atoms with Crippen molar-refractivity contribution in [3.63, 3.8) is 0 Å². The summed E-state index contributed by atoms with van der Waals surface area (Å²) in [4.78, 5) is 11.6. The first-order valence-corrected chi connectivity index (χ1v) is 12.4. The number of ether oxygens (including phenoxy) is 2. The number of rotatable bonds is 5. The molecule has 180 valence electrons. The highest BCUT2D eigenvalue weighted by Crippen LogP contribution is 2.38. The number of pyridine rings is 1. The molecule has 3 aliphatic rings. The molecular weight excluding hydrogens is 432 g/mol. The summed E-state index contributed by atoms with van der Waals surface area (Å²) in [5.41, 5.74) is 4.42. The van der Waals surface area contributed by atoms with Gasteiger partial charge in [0, 0.05) is 43.1 Å². The van der Waals surface area contributed by atoms with Gasteiger partial charge in [-0.05, 0) is 55.9 Å². The fraction of sp³-hybridized carbons (Fsp3) is 0.560. The van der Waals surface area contributed by atoms with Crippen LogP contribution in [0.5, 0.6) is 0 Å². The molecule has 2 aliphatic heterocycles. The topological polar surface area (TPSA) is 97.0 Å². The highest BCUT2D eigenvalue weighted by atomic mass is 16.5. The smallest absolute Gasteiger partial charge is 0.241 e. The van der Waals surface area contributed by atoms with Gasteiger partial charge in [-0.25, -0.2) is 14.5 Å². The third-order valence-corrected chi connectivity index (χ3v) is 7.31. The molecule has 0 radical (unpaired) electrons. The van der Waals surface area contributed by atoms with Crippen LogP contribution in [0.4, 0.5) is 11.8 Å². The highest BCUT2D eigenvalue weighted by Gasteiger charge is 2.26. The van der Waals surface area contributed by atoms with E-state index in [-0.39, 0.29) is 12.1 Å². The third kappa shape index (κ3) is 4.35. The second kappa shape index (κ2) is 9.48. The van der Waals surface area contributed by atoms with Gasteiger partial charge in [0.05, 0.1) is 43.7 Å². The molecule has 0 aromatic carbocycles. The van der Waals surface area contributed by atoms with E-state index in [9.17, 15) is 5.11 Å². The third-order valence-electron chi connectivity index (χ3n) is 7.31. The number of aromatic nitrogens is 4. The van der Waals surface area contributed by atoms with Gasteiger partial charge in [-0.2, -0.15) is 0 Å². The summed E-state index contributed by atoms with van der Waals surface area (Å²) in [5.74, 6) is 1.97. The van der Waals surface area contributed by atoms with E-state index in [0.29, 0.717) is 18.5 Å². The minimum Gasteiger partial charge on any atom is -0.393 e. The van der Waals surface area contributed by atoms with Crippen molar-refractivity contribution in [2.75, 3.05) is 49.7 Å². The van der Waals surface area contributed by atoms with Crippen molar-refractivity contribution in [2.45, 2.75) is 50.2 Å². The predicted molar refractivity (Wildman–Crippen MR) is 129 cm³/mol. The molecule has 6 rings (SSSR count). The number of fused-ring (bicyclic) bond motifs is 1. The van der Waals surface area contributed by atoms with Crippen LogP contribution < -0.4 is 10.2 Å². The number of nitrogens with one attached hydrogen (secondary N) is 1. The van der Waals surface area contributed by atoms with Gasteiger partial charge in [-0.15, -0.1) is 5.10 Å². The zero-order valence-corrected chi connectivity index (χ0v) is 19.4. The number of hydrogen-bond acceptors (Lipinski definition) is 8. The van der Waals surface area contributed by atoms with Crippen LogP contribution in [0, 0.1) is 0 Å². The number of aliphatic hydroxyl groups excluding tert-OH is 1. The second-order valence-corrected chi connectivity index (χ2v) is 9.57. The van der Waals surface area contributed by atoms with E-state index in [1.807, 2.05) is 12.4 Å². The quantitative estimate of drug-likeness (QED) is 0.595. The zero-order chi connectivity index (χ0) is 22.9. The van der Waals surface area contributed by atoms with E-state index in [2.05, 4.69) is 42.9 Å². The minimum absolute atomic E-state index is 0.188. The maximum absolute atomic E-state index is 10.1. The number of morpholine rings is 1. The van der Waals surface area contributed by atoms with Crippen molar-refractivity contribution in [3.05, 3.63) is 36.3 Å². The van der Waals surface area contributed by atoms with Crippen molar-refractivity contribution in [1.82, 2.24) is 19.6 Å². The van der Waals surface area contributed by atoms with Crippen LogP contribution in [0.15, 0.2) is 30.6 Å². The lowest BCUT2D eigenvalue weighted by atomic mass is 9.85. The first-order valence-electron chi connectivity index (χ1n) is 12.4. The molecule has 3 fully saturated rings. The summed E-state index contributed by atoms with van der Waals surface area (Å²) < 4.78 is 13.1. The Morgan fingerprint density at radius 3 is 2.62 bits per heavy atom. The van der Waals surface area contributed by atoms with E-state index >= 15 is 0 Å². The number of aliphatic hydroxyl groups is 1. The molecule has 0 amide bonds. The molecule has 5 heterocycles. The Balaban J connectivity index is 1.39. The summed E-state index contributed by atoms with van der Waals surface area (Å²) in [6, 6.07) is 6.75. The second-order valence-electron chi connectivity index (χ2n) is 9.57. The van der Waals surface area contributed by atoms with Crippen molar-refractivity contribution in [3.8, 4) is 11.1 Å². The van der Waals surface area contributed by atoms with E-state index in [1.165, 1.54) is 5.69 Å². The standard InChI is InChI=1S/C25H32N6O3/c32-20-3-1-17(2-4-20)22-14-21(18-5-7-26-24(13-18)30-8-11-33-12-9-30)23-15-27-25(29-31(22)23)28-19-6-10-34-16-19/h5,7,13-15,17,19-20,32H,1-4,6,8-12,16H2,(H,28,29)/t17?,19-,20?/m0/s1. The molecular formula is C25H32N6O3. The van der Waals surface area contributed by atoms with Crippen molar-refractivity contribution >= 4 is 17.3 Å². The summed E-state index contributed by atoms with van der Waals surface area (Å²) in [6.07, 6.45) is 8.18. The highest BCUT2D eigenvalue weighted by molar-refractivity contribution is 5.82. The van der Waals surface area contributed by atoms with Crippen LogP contribution in [0.1, 0.15) is 43.7 Å². The van der Waals surface area contributed by atoms with Crippen LogP contribution in [-0.4, -0.2) is 76.4 Å². The number of anilines is 2. The normalized spacial score (nSPS) is 25.7. The Bertz CT molecular complexity index is 1130. The van der Waals surface area contributed by atoms with Gasteiger partial charge < -0.3 is 24.8 Å². The molecule has 0 unspecified atom stereocenters. The largest absolute Gasteiger partial charge is 0.393 e. The van der Waals surface area contributed by atoms with Gasteiger partial charge in [0.25, 0.3) is 0 Å².